The summed E-state index contributed by atoms with van der Waals surface area (Å²) in [5, 5.41) is 8.92. The van der Waals surface area contributed by atoms with Crippen LogP contribution in [0.2, 0.25) is 0 Å². The van der Waals surface area contributed by atoms with Crippen molar-refractivity contribution in [3.63, 3.8) is 0 Å². The summed E-state index contributed by atoms with van der Waals surface area (Å²) >= 11 is 1.60. The third-order valence-electron chi connectivity index (χ3n) is 2.39. The Morgan fingerprint density at radius 1 is 1.62 bits per heavy atom. The van der Waals surface area contributed by atoms with E-state index in [1.165, 1.54) is 4.57 Å². The summed E-state index contributed by atoms with van der Waals surface area (Å²) in [6, 6.07) is 1.61. The van der Waals surface area contributed by atoms with Gasteiger partial charge in [0.1, 0.15) is 11.2 Å². The Balaban J connectivity index is 2.23. The van der Waals surface area contributed by atoms with Gasteiger partial charge >= 0.3 is 5.69 Å². The summed E-state index contributed by atoms with van der Waals surface area (Å²) in [4.78, 5) is 15.2. The topological polar surface area (TPSA) is 81.1 Å². The molecule has 6 heteroatoms. The number of aliphatic hydroxyl groups excluding tert-OH is 1. The average Bonchev–Trinajstić information content (AvgIpc) is 2.29. The molecular weight excluding hydrogens is 226 g/mol. The molecule has 1 aromatic heterocycles. The second-order valence-corrected chi connectivity index (χ2v) is 4.74. The number of nitrogens with zero attached hydrogens (tertiary/aromatic N) is 2. The molecule has 5 nitrogen and oxygen atoms in total. The van der Waals surface area contributed by atoms with Crippen molar-refractivity contribution in [2.45, 2.75) is 5.37 Å². The number of nitrogens with two attached hydrogens (primary N) is 1. The second kappa shape index (κ2) is 4.71. The highest BCUT2D eigenvalue weighted by molar-refractivity contribution is 7.99. The van der Waals surface area contributed by atoms with Crippen molar-refractivity contribution in [2.75, 3.05) is 18.1 Å². The van der Waals surface area contributed by atoms with Crippen LogP contribution < -0.4 is 11.4 Å². The molecule has 1 aromatic rings. The number of rotatable bonds is 2. The highest BCUT2D eigenvalue weighted by Gasteiger charge is 2.17. The molecule has 0 aromatic carbocycles. The van der Waals surface area contributed by atoms with E-state index in [1.807, 2.05) is 12.2 Å². The summed E-state index contributed by atoms with van der Waals surface area (Å²) in [6.45, 7) is 0.144. The smallest absolute Gasteiger partial charge is 0.350 e. The average molecular weight is 239 g/mol. The Kier molecular flexibility index (Phi) is 3.31. The van der Waals surface area contributed by atoms with Gasteiger partial charge < -0.3 is 10.8 Å². The molecule has 3 N–H and O–H groups in total. The molecule has 1 unspecified atom stereocenters. The Labute approximate surface area is 97.0 Å². The van der Waals surface area contributed by atoms with Crippen LogP contribution in [-0.2, 0) is 0 Å². The third kappa shape index (κ3) is 2.28. The predicted molar refractivity (Wildman–Crippen MR) is 64.1 cm³/mol. The molecule has 1 aliphatic heterocycles. The van der Waals surface area contributed by atoms with Gasteiger partial charge in [-0.25, -0.2) is 4.79 Å². The zero-order chi connectivity index (χ0) is 11.5. The lowest BCUT2D eigenvalue weighted by atomic mass is 10.2. The van der Waals surface area contributed by atoms with Gasteiger partial charge in [-0.3, -0.25) is 4.57 Å². The fourth-order valence-corrected chi connectivity index (χ4v) is 2.68. The molecule has 2 atom stereocenters. The normalized spacial score (nSPS) is 24.6. The Morgan fingerprint density at radius 2 is 2.44 bits per heavy atom. The van der Waals surface area contributed by atoms with Crippen molar-refractivity contribution in [3.8, 4) is 0 Å². The lowest BCUT2D eigenvalue weighted by Gasteiger charge is -2.22. The van der Waals surface area contributed by atoms with Gasteiger partial charge in [0.25, 0.3) is 0 Å². The molecule has 0 saturated carbocycles. The van der Waals surface area contributed by atoms with E-state index in [1.54, 1.807) is 24.0 Å². The van der Waals surface area contributed by atoms with Gasteiger partial charge in [0.2, 0.25) is 0 Å². The zero-order valence-corrected chi connectivity index (χ0v) is 9.43. The molecule has 2 heterocycles. The maximum absolute atomic E-state index is 11.6. The van der Waals surface area contributed by atoms with Crippen LogP contribution in [0.25, 0.3) is 0 Å². The lowest BCUT2D eigenvalue weighted by Crippen LogP contribution is -2.27. The molecule has 2 rings (SSSR count). The van der Waals surface area contributed by atoms with Gasteiger partial charge in [-0.15, -0.1) is 11.8 Å². The van der Waals surface area contributed by atoms with E-state index in [0.717, 1.165) is 5.75 Å². The van der Waals surface area contributed by atoms with Gasteiger partial charge in [-0.2, -0.15) is 4.98 Å². The van der Waals surface area contributed by atoms with Crippen molar-refractivity contribution in [1.82, 2.24) is 9.55 Å². The molecule has 16 heavy (non-hydrogen) atoms. The van der Waals surface area contributed by atoms with E-state index in [-0.39, 0.29) is 29.4 Å². The SMILES string of the molecule is Nc1ccn(C2C=C[C@@H](CO)CS2)c(=O)n1. The van der Waals surface area contributed by atoms with E-state index < -0.39 is 0 Å². The Morgan fingerprint density at radius 3 is 3.00 bits per heavy atom. The van der Waals surface area contributed by atoms with Crippen LogP contribution in [0.5, 0.6) is 0 Å². The first kappa shape index (κ1) is 11.2. The van der Waals surface area contributed by atoms with Crippen molar-refractivity contribution in [1.29, 1.82) is 0 Å². The maximum Gasteiger partial charge on any atom is 0.350 e. The number of hydrogen-bond donors (Lipinski definition) is 2. The van der Waals surface area contributed by atoms with Crippen molar-refractivity contribution in [2.24, 2.45) is 5.92 Å². The van der Waals surface area contributed by atoms with Crippen molar-refractivity contribution >= 4 is 17.6 Å². The molecule has 0 radical (unpaired) electrons. The minimum absolute atomic E-state index is 0.0524. The standard InChI is InChI=1S/C10H13N3O2S/c11-8-3-4-13(10(15)12-8)9-2-1-7(5-14)6-16-9/h1-4,7,9,14H,5-6H2,(H2,11,12,15)/t7-,9?/m0/s1. The molecular formula is C10H13N3O2S. The number of thioether (sulfide) groups is 1. The van der Waals surface area contributed by atoms with Crippen molar-refractivity contribution in [3.05, 3.63) is 34.9 Å². The van der Waals surface area contributed by atoms with Crippen molar-refractivity contribution < 1.29 is 5.11 Å². The van der Waals surface area contributed by atoms with Crippen LogP contribution >= 0.6 is 11.8 Å². The minimum atomic E-state index is -0.343. The van der Waals surface area contributed by atoms with Gasteiger partial charge in [0.15, 0.2) is 0 Å². The van der Waals surface area contributed by atoms with E-state index >= 15 is 0 Å². The number of hydrogen-bond acceptors (Lipinski definition) is 5. The molecule has 0 aliphatic carbocycles. The van der Waals surface area contributed by atoms with Gasteiger partial charge in [-0.1, -0.05) is 12.2 Å². The summed E-state index contributed by atoms with van der Waals surface area (Å²) in [5.41, 5.74) is 5.08. The van der Waals surface area contributed by atoms with Gasteiger partial charge in [0.05, 0.1) is 6.61 Å². The number of aromatic nitrogens is 2. The van der Waals surface area contributed by atoms with E-state index in [0.29, 0.717) is 0 Å². The second-order valence-electron chi connectivity index (χ2n) is 3.59. The quantitative estimate of drug-likeness (QED) is 0.722. The largest absolute Gasteiger partial charge is 0.396 e. The van der Waals surface area contributed by atoms with Crippen LogP contribution in [0.3, 0.4) is 0 Å². The van der Waals surface area contributed by atoms with Crippen LogP contribution in [0, 0.1) is 5.92 Å². The minimum Gasteiger partial charge on any atom is -0.396 e. The van der Waals surface area contributed by atoms with Gasteiger partial charge in [0, 0.05) is 17.9 Å². The number of aliphatic hydroxyl groups is 1. The highest BCUT2D eigenvalue weighted by Crippen LogP contribution is 2.30. The third-order valence-corrected chi connectivity index (χ3v) is 3.74. The molecule has 0 amide bonds. The van der Waals surface area contributed by atoms with Crippen LogP contribution in [0.1, 0.15) is 5.37 Å². The van der Waals surface area contributed by atoms with E-state index in [4.69, 9.17) is 10.8 Å². The Hall–Kier alpha value is -1.27. The molecule has 86 valence electrons. The molecule has 0 bridgehead atoms. The molecule has 1 aliphatic rings. The first-order valence-electron chi connectivity index (χ1n) is 4.96. The predicted octanol–water partition coefficient (Wildman–Crippen LogP) is 0.236. The monoisotopic (exact) mass is 239 g/mol. The summed E-state index contributed by atoms with van der Waals surface area (Å²) < 4.78 is 1.53. The van der Waals surface area contributed by atoms with Crippen LogP contribution in [-0.4, -0.2) is 27.0 Å². The first-order chi connectivity index (χ1) is 7.70. The van der Waals surface area contributed by atoms with Gasteiger partial charge in [-0.05, 0) is 6.07 Å². The molecule has 0 spiro atoms. The Bertz CT molecular complexity index is 458. The highest BCUT2D eigenvalue weighted by atomic mass is 32.2. The van der Waals surface area contributed by atoms with E-state index in [2.05, 4.69) is 4.98 Å². The number of anilines is 1. The lowest BCUT2D eigenvalue weighted by molar-refractivity contribution is 0.263. The summed E-state index contributed by atoms with van der Waals surface area (Å²) in [5.74, 6) is 1.21. The maximum atomic E-state index is 11.6. The number of nitrogen functional groups attached to an aromatic ring is 1. The summed E-state index contributed by atoms with van der Waals surface area (Å²) in [7, 11) is 0. The molecule has 0 saturated heterocycles. The van der Waals surface area contributed by atoms with E-state index in [9.17, 15) is 4.79 Å². The summed E-state index contributed by atoms with van der Waals surface area (Å²) in [6.07, 6.45) is 5.49. The first-order valence-corrected chi connectivity index (χ1v) is 6.01. The zero-order valence-electron chi connectivity index (χ0n) is 8.61. The molecule has 0 fully saturated rings. The fourth-order valence-electron chi connectivity index (χ4n) is 1.49. The van der Waals surface area contributed by atoms with Crippen LogP contribution in [0.4, 0.5) is 5.82 Å². The van der Waals surface area contributed by atoms with Crippen LogP contribution in [0.15, 0.2) is 29.2 Å². The fraction of sp³-hybridized carbons (Fsp3) is 0.400.